The minimum Gasteiger partial charge on any atom is -0.390 e. The number of rotatable bonds is 5. The Hall–Kier alpha value is 0.0169. The molecule has 1 heterocycles. The first-order valence-electron chi connectivity index (χ1n) is 7.24. The van der Waals surface area contributed by atoms with E-state index in [9.17, 15) is 5.11 Å². The highest BCUT2D eigenvalue weighted by Gasteiger charge is 2.52. The molecule has 0 spiro atoms. The maximum Gasteiger partial charge on any atom is 0.173 e. The van der Waals surface area contributed by atoms with Crippen LogP contribution in [-0.4, -0.2) is 64.1 Å². The van der Waals surface area contributed by atoms with Gasteiger partial charge in [0.1, 0.15) is 21.0 Å². The van der Waals surface area contributed by atoms with Crippen LogP contribution in [0.1, 0.15) is 27.2 Å². The van der Waals surface area contributed by atoms with Gasteiger partial charge in [0.25, 0.3) is 0 Å². The van der Waals surface area contributed by atoms with Gasteiger partial charge < -0.3 is 24.1 Å². The predicted molar refractivity (Wildman–Crippen MR) is 80.6 cm³/mol. The van der Waals surface area contributed by atoms with Crippen molar-refractivity contribution in [1.82, 2.24) is 0 Å². The Labute approximate surface area is 124 Å². The van der Waals surface area contributed by atoms with Crippen LogP contribution >= 0.6 is 0 Å². The normalized spacial score (nSPS) is 35.5. The lowest BCUT2D eigenvalue weighted by Crippen LogP contribution is -2.65. The van der Waals surface area contributed by atoms with Crippen LogP contribution in [0.2, 0.25) is 13.1 Å². The van der Waals surface area contributed by atoms with Crippen LogP contribution in [0.5, 0.6) is 0 Å². The highest BCUT2D eigenvalue weighted by molar-refractivity contribution is 6.58. The second-order valence-electron chi connectivity index (χ2n) is 6.69. The molecule has 0 aliphatic carbocycles. The van der Waals surface area contributed by atoms with Crippen molar-refractivity contribution < 1.29 is 24.1 Å². The molecule has 6 heteroatoms. The number of ether oxygens (including phenoxy) is 4. The van der Waals surface area contributed by atoms with E-state index in [2.05, 4.69) is 13.1 Å². The van der Waals surface area contributed by atoms with Crippen molar-refractivity contribution in [2.45, 2.75) is 69.6 Å². The molecule has 0 amide bonds. The van der Waals surface area contributed by atoms with E-state index < -0.39 is 20.3 Å². The van der Waals surface area contributed by atoms with Gasteiger partial charge in [-0.15, -0.1) is 0 Å². The SMILES string of the molecule is CO[C@@H]1C[C@H](O)[C@@H](COC(C)(C)C)O[C@@]1(OC)[SiH](C)C. The third-order valence-corrected chi connectivity index (χ3v) is 6.11. The second-order valence-corrected chi connectivity index (χ2v) is 9.80. The van der Waals surface area contributed by atoms with Crippen LogP contribution in [0.25, 0.3) is 0 Å². The summed E-state index contributed by atoms with van der Waals surface area (Å²) in [4.78, 5) is 0. The Morgan fingerprint density at radius 2 is 1.90 bits per heavy atom. The van der Waals surface area contributed by atoms with E-state index in [1.54, 1.807) is 14.2 Å². The Morgan fingerprint density at radius 3 is 2.30 bits per heavy atom. The number of hydrogen-bond donors (Lipinski definition) is 1. The van der Waals surface area contributed by atoms with Gasteiger partial charge in [0.2, 0.25) is 0 Å². The summed E-state index contributed by atoms with van der Waals surface area (Å²) in [6.45, 7) is 10.6. The molecule has 1 aliphatic rings. The molecule has 0 aromatic carbocycles. The van der Waals surface area contributed by atoms with Crippen molar-refractivity contribution >= 4 is 8.80 Å². The van der Waals surface area contributed by atoms with E-state index >= 15 is 0 Å². The minimum absolute atomic E-state index is 0.236. The van der Waals surface area contributed by atoms with Crippen molar-refractivity contribution in [1.29, 1.82) is 0 Å². The van der Waals surface area contributed by atoms with Gasteiger partial charge in [-0.05, 0) is 20.8 Å². The number of aliphatic hydroxyl groups excluding tert-OH is 1. The zero-order valence-corrected chi connectivity index (χ0v) is 15.0. The first-order valence-corrected chi connectivity index (χ1v) is 10.1. The molecule has 0 radical (unpaired) electrons. The molecule has 0 aromatic rings. The maximum absolute atomic E-state index is 10.3. The molecule has 120 valence electrons. The predicted octanol–water partition coefficient (Wildman–Crippen LogP) is 1.33. The second kappa shape index (κ2) is 6.85. The fraction of sp³-hybridized carbons (Fsp3) is 1.00. The summed E-state index contributed by atoms with van der Waals surface area (Å²) >= 11 is 0. The van der Waals surface area contributed by atoms with E-state index in [-0.39, 0.29) is 17.8 Å². The lowest BCUT2D eigenvalue weighted by atomic mass is 10.0. The van der Waals surface area contributed by atoms with Crippen molar-refractivity contribution in [2.75, 3.05) is 20.8 Å². The zero-order valence-electron chi connectivity index (χ0n) is 13.8. The van der Waals surface area contributed by atoms with Crippen molar-refractivity contribution in [2.24, 2.45) is 0 Å². The third kappa shape index (κ3) is 4.02. The lowest BCUT2D eigenvalue weighted by molar-refractivity contribution is -0.302. The molecule has 1 saturated heterocycles. The molecule has 1 rings (SSSR count). The number of aliphatic hydroxyl groups is 1. The largest absolute Gasteiger partial charge is 0.390 e. The Kier molecular flexibility index (Phi) is 6.19. The van der Waals surface area contributed by atoms with Crippen LogP contribution < -0.4 is 0 Å². The number of hydrogen-bond acceptors (Lipinski definition) is 5. The van der Waals surface area contributed by atoms with E-state index in [0.29, 0.717) is 13.0 Å². The molecule has 5 nitrogen and oxygen atoms in total. The molecule has 0 unspecified atom stereocenters. The Bertz CT molecular complexity index is 304. The van der Waals surface area contributed by atoms with Gasteiger partial charge in [-0.25, -0.2) is 0 Å². The topological polar surface area (TPSA) is 57.2 Å². The molecule has 1 aliphatic heterocycles. The standard InChI is InChI=1S/C14H30O5Si/c1-13(2,3)18-9-11-10(15)8-12(16-4)14(17-5,19-11)20(6)7/h10-12,15,20H,8-9H2,1-7H3/t10-,11+,12+,14+/m0/s1. The van der Waals surface area contributed by atoms with Crippen molar-refractivity contribution in [3.63, 3.8) is 0 Å². The summed E-state index contributed by atoms with van der Waals surface area (Å²) in [5, 5.41) is 10.3. The smallest absolute Gasteiger partial charge is 0.173 e. The summed E-state index contributed by atoms with van der Waals surface area (Å²) in [5.74, 6) is 0. The van der Waals surface area contributed by atoms with Gasteiger partial charge in [0.05, 0.1) is 18.3 Å². The molecular weight excluding hydrogens is 276 g/mol. The van der Waals surface area contributed by atoms with Crippen LogP contribution in [-0.2, 0) is 18.9 Å². The highest BCUT2D eigenvalue weighted by atomic mass is 28.3. The van der Waals surface area contributed by atoms with Gasteiger partial charge in [-0.3, -0.25) is 0 Å². The van der Waals surface area contributed by atoms with Crippen LogP contribution in [0.4, 0.5) is 0 Å². The average molecular weight is 306 g/mol. The summed E-state index contributed by atoms with van der Waals surface area (Å²) in [5.41, 5.74) is -0.966. The highest BCUT2D eigenvalue weighted by Crippen LogP contribution is 2.34. The van der Waals surface area contributed by atoms with Crippen LogP contribution in [0.3, 0.4) is 0 Å². The van der Waals surface area contributed by atoms with Gasteiger partial charge in [0, 0.05) is 20.6 Å². The van der Waals surface area contributed by atoms with Gasteiger partial charge in [-0.1, -0.05) is 13.1 Å². The monoisotopic (exact) mass is 306 g/mol. The van der Waals surface area contributed by atoms with E-state index in [4.69, 9.17) is 18.9 Å². The van der Waals surface area contributed by atoms with E-state index in [0.717, 1.165) is 0 Å². The molecule has 1 N–H and O–H groups in total. The Balaban J connectivity index is 2.85. The summed E-state index contributed by atoms with van der Waals surface area (Å²) in [6.07, 6.45) is -0.706. The first kappa shape index (κ1) is 18.1. The molecule has 4 atom stereocenters. The van der Waals surface area contributed by atoms with Gasteiger partial charge >= 0.3 is 0 Å². The fourth-order valence-corrected chi connectivity index (χ4v) is 4.52. The first-order chi connectivity index (χ1) is 9.16. The molecule has 0 bridgehead atoms. The van der Waals surface area contributed by atoms with Gasteiger partial charge in [-0.2, -0.15) is 0 Å². The average Bonchev–Trinajstić information content (AvgIpc) is 2.35. The Morgan fingerprint density at radius 1 is 1.30 bits per heavy atom. The summed E-state index contributed by atoms with van der Waals surface area (Å²) in [6, 6.07) is 0. The van der Waals surface area contributed by atoms with Crippen molar-refractivity contribution in [3.8, 4) is 0 Å². The van der Waals surface area contributed by atoms with E-state index in [1.807, 2.05) is 20.8 Å². The third-order valence-electron chi connectivity index (χ3n) is 3.76. The van der Waals surface area contributed by atoms with Gasteiger partial charge in [0.15, 0.2) is 5.41 Å². The lowest BCUT2D eigenvalue weighted by Gasteiger charge is -2.49. The maximum atomic E-state index is 10.3. The van der Waals surface area contributed by atoms with Crippen molar-refractivity contribution in [3.05, 3.63) is 0 Å². The summed E-state index contributed by atoms with van der Waals surface area (Å²) < 4.78 is 23.1. The molecule has 20 heavy (non-hydrogen) atoms. The molecule has 0 saturated carbocycles. The minimum atomic E-state index is -1.33. The number of methoxy groups -OCH3 is 2. The molecule has 0 aromatic heterocycles. The van der Waals surface area contributed by atoms with E-state index in [1.165, 1.54) is 0 Å². The zero-order chi connectivity index (χ0) is 15.6. The van der Waals surface area contributed by atoms with Crippen LogP contribution in [0.15, 0.2) is 0 Å². The molecule has 1 fully saturated rings. The fourth-order valence-electron chi connectivity index (χ4n) is 2.59. The molecular formula is C14H30O5Si. The summed E-state index contributed by atoms with van der Waals surface area (Å²) in [7, 11) is 1.96. The quantitative estimate of drug-likeness (QED) is 0.777. The van der Waals surface area contributed by atoms with Crippen LogP contribution in [0, 0.1) is 0 Å².